The largest absolute Gasteiger partial charge is 0.478 e. The number of nitrogens with zero attached hydrogens (tertiary/aromatic N) is 1. The quantitative estimate of drug-likeness (QED) is 0.790. The molecule has 1 aromatic rings. The van der Waals surface area contributed by atoms with Gasteiger partial charge in [0.05, 0.1) is 10.5 Å². The Bertz CT molecular complexity index is 764. The summed E-state index contributed by atoms with van der Waals surface area (Å²) in [7, 11) is -3.79. The zero-order valence-corrected chi connectivity index (χ0v) is 17.1. The second-order valence-corrected chi connectivity index (χ2v) is 10.0. The first-order valence-electron chi connectivity index (χ1n) is 9.01. The zero-order chi connectivity index (χ0) is 19.7. The van der Waals surface area contributed by atoms with Gasteiger partial charge in [-0.05, 0) is 56.7 Å². The van der Waals surface area contributed by atoms with Crippen LogP contribution >= 0.6 is 0 Å². The normalized spacial score (nSPS) is 22.3. The zero-order valence-electron chi connectivity index (χ0n) is 16.2. The molecule has 1 aliphatic heterocycles. The fraction of sp³-hybridized carbons (Fsp3) is 0.632. The maximum absolute atomic E-state index is 12.8. The van der Waals surface area contributed by atoms with Crippen molar-refractivity contribution < 1.29 is 18.3 Å². The summed E-state index contributed by atoms with van der Waals surface area (Å²) in [5.74, 6) is 0.0336. The molecular weight excluding hydrogens is 352 g/mol. The Morgan fingerprint density at radius 2 is 1.85 bits per heavy atom. The van der Waals surface area contributed by atoms with Gasteiger partial charge in [0.15, 0.2) is 0 Å². The second-order valence-electron chi connectivity index (χ2n) is 8.27. The fourth-order valence-corrected chi connectivity index (χ4v) is 5.11. The van der Waals surface area contributed by atoms with Crippen LogP contribution in [0.25, 0.3) is 0 Å². The van der Waals surface area contributed by atoms with Crippen LogP contribution in [0.1, 0.15) is 50.0 Å². The molecule has 0 spiro atoms. The number of aryl methyl sites for hydroxylation is 1. The van der Waals surface area contributed by atoms with Crippen LogP contribution in [0.5, 0.6) is 0 Å². The molecule has 1 aromatic carbocycles. The van der Waals surface area contributed by atoms with E-state index in [1.807, 2.05) is 13.8 Å². The van der Waals surface area contributed by atoms with E-state index < -0.39 is 16.0 Å². The number of nitrogens with one attached hydrogen (secondary N) is 1. The number of carbonyl (C=O) groups is 1. The number of hydrogen-bond acceptors (Lipinski definition) is 4. The number of likely N-dealkylation sites (tertiary alicyclic amines) is 1. The van der Waals surface area contributed by atoms with E-state index in [1.54, 1.807) is 6.92 Å². The van der Waals surface area contributed by atoms with Crippen molar-refractivity contribution in [3.8, 4) is 0 Å². The Hall–Kier alpha value is -1.44. The van der Waals surface area contributed by atoms with Crippen molar-refractivity contribution in [1.29, 1.82) is 0 Å². The molecule has 0 aliphatic carbocycles. The Kier molecular flexibility index (Phi) is 6.15. The summed E-state index contributed by atoms with van der Waals surface area (Å²) >= 11 is 0. The molecule has 0 bridgehead atoms. The Labute approximate surface area is 156 Å². The SMILES string of the molecule is Cc1ccc(C(=O)O)cc1S(=O)(=O)NCC(C)(C)N1CC(C)CC(C)C1. The summed E-state index contributed by atoms with van der Waals surface area (Å²) in [5.41, 5.74) is 0.170. The minimum absolute atomic E-state index is 0.0218. The standard InChI is InChI=1S/C19H30N2O4S/c1-13-8-14(2)11-21(10-13)19(4,5)12-20-26(24,25)17-9-16(18(22)23)7-6-15(17)3/h6-7,9,13-14,20H,8,10-12H2,1-5H3,(H,22,23). The van der Waals surface area contributed by atoms with Crippen molar-refractivity contribution in [2.24, 2.45) is 11.8 Å². The first kappa shape index (κ1) is 20.9. The predicted molar refractivity (Wildman–Crippen MR) is 102 cm³/mol. The van der Waals surface area contributed by atoms with Crippen LogP contribution in [-0.2, 0) is 10.0 Å². The number of carboxylic acid groups (broad SMARTS) is 1. The van der Waals surface area contributed by atoms with E-state index in [1.165, 1.54) is 24.6 Å². The van der Waals surface area contributed by atoms with Crippen molar-refractivity contribution in [3.63, 3.8) is 0 Å². The van der Waals surface area contributed by atoms with E-state index >= 15 is 0 Å². The molecule has 2 rings (SSSR count). The van der Waals surface area contributed by atoms with Crippen LogP contribution in [0.15, 0.2) is 23.1 Å². The van der Waals surface area contributed by atoms with E-state index in [2.05, 4.69) is 23.5 Å². The third-order valence-electron chi connectivity index (χ3n) is 5.14. The predicted octanol–water partition coefficient (Wildman–Crippen LogP) is 2.73. The van der Waals surface area contributed by atoms with Gasteiger partial charge in [-0.25, -0.2) is 17.9 Å². The maximum atomic E-state index is 12.8. The summed E-state index contributed by atoms with van der Waals surface area (Å²) in [4.78, 5) is 13.5. The molecule has 0 amide bonds. The van der Waals surface area contributed by atoms with Crippen LogP contribution in [0, 0.1) is 18.8 Å². The first-order valence-corrected chi connectivity index (χ1v) is 10.5. The number of sulfonamides is 1. The molecule has 1 fully saturated rings. The summed E-state index contributed by atoms with van der Waals surface area (Å²) in [6.07, 6.45) is 1.19. The smallest absolute Gasteiger partial charge is 0.335 e. The molecule has 2 N–H and O–H groups in total. The lowest BCUT2D eigenvalue weighted by Crippen LogP contribution is -2.56. The summed E-state index contributed by atoms with van der Waals surface area (Å²) in [6.45, 7) is 12.4. The van der Waals surface area contributed by atoms with Gasteiger partial charge in [-0.15, -0.1) is 0 Å². The molecule has 0 aromatic heterocycles. The number of piperidine rings is 1. The van der Waals surface area contributed by atoms with E-state index in [4.69, 9.17) is 5.11 Å². The molecule has 7 heteroatoms. The van der Waals surface area contributed by atoms with Crippen LogP contribution in [0.2, 0.25) is 0 Å². The molecule has 6 nitrogen and oxygen atoms in total. The van der Waals surface area contributed by atoms with Crippen molar-refractivity contribution in [3.05, 3.63) is 29.3 Å². The van der Waals surface area contributed by atoms with Gasteiger partial charge in [-0.3, -0.25) is 4.90 Å². The molecular formula is C19H30N2O4S. The minimum atomic E-state index is -3.79. The van der Waals surface area contributed by atoms with Crippen molar-refractivity contribution in [1.82, 2.24) is 9.62 Å². The number of carboxylic acids is 1. The molecule has 26 heavy (non-hydrogen) atoms. The van der Waals surface area contributed by atoms with Crippen molar-refractivity contribution in [2.45, 2.75) is 51.5 Å². The molecule has 2 unspecified atom stereocenters. The van der Waals surface area contributed by atoms with E-state index in [0.717, 1.165) is 13.1 Å². The minimum Gasteiger partial charge on any atom is -0.478 e. The molecule has 2 atom stereocenters. The van der Waals surface area contributed by atoms with Gasteiger partial charge in [0.2, 0.25) is 10.0 Å². The van der Waals surface area contributed by atoms with Gasteiger partial charge in [-0.1, -0.05) is 19.9 Å². The van der Waals surface area contributed by atoms with Crippen LogP contribution < -0.4 is 4.72 Å². The van der Waals surface area contributed by atoms with Crippen LogP contribution in [0.4, 0.5) is 0 Å². The highest BCUT2D eigenvalue weighted by molar-refractivity contribution is 7.89. The van der Waals surface area contributed by atoms with E-state index in [9.17, 15) is 13.2 Å². The van der Waals surface area contributed by atoms with Gasteiger partial charge in [0, 0.05) is 25.2 Å². The highest BCUT2D eigenvalue weighted by atomic mass is 32.2. The van der Waals surface area contributed by atoms with Crippen molar-refractivity contribution >= 4 is 16.0 Å². The maximum Gasteiger partial charge on any atom is 0.335 e. The number of benzene rings is 1. The average molecular weight is 383 g/mol. The molecule has 146 valence electrons. The summed E-state index contributed by atoms with van der Waals surface area (Å²) in [6, 6.07) is 4.16. The molecule has 1 aliphatic rings. The Balaban J connectivity index is 2.17. The second kappa shape index (κ2) is 7.66. The highest BCUT2D eigenvalue weighted by Gasteiger charge is 2.34. The van der Waals surface area contributed by atoms with Gasteiger partial charge in [0.1, 0.15) is 0 Å². The monoisotopic (exact) mass is 382 g/mol. The van der Waals surface area contributed by atoms with Crippen LogP contribution in [-0.4, -0.2) is 49.6 Å². The Morgan fingerprint density at radius 3 is 2.38 bits per heavy atom. The molecule has 1 heterocycles. The number of rotatable bonds is 6. The lowest BCUT2D eigenvalue weighted by molar-refractivity contribution is 0.0489. The third-order valence-corrected chi connectivity index (χ3v) is 6.69. The molecule has 1 saturated heterocycles. The average Bonchev–Trinajstić information content (AvgIpc) is 2.52. The number of hydrogen-bond donors (Lipinski definition) is 2. The topological polar surface area (TPSA) is 86.7 Å². The summed E-state index contributed by atoms with van der Waals surface area (Å²) in [5, 5.41) is 9.12. The van der Waals surface area contributed by atoms with Gasteiger partial charge in [-0.2, -0.15) is 0 Å². The molecule has 0 radical (unpaired) electrons. The van der Waals surface area contributed by atoms with Crippen molar-refractivity contribution in [2.75, 3.05) is 19.6 Å². The van der Waals surface area contributed by atoms with Gasteiger partial charge >= 0.3 is 5.97 Å². The van der Waals surface area contributed by atoms with Gasteiger partial charge in [0.25, 0.3) is 0 Å². The van der Waals surface area contributed by atoms with Crippen LogP contribution in [0.3, 0.4) is 0 Å². The fourth-order valence-electron chi connectivity index (χ4n) is 3.64. The number of aromatic carboxylic acids is 1. The first-order chi connectivity index (χ1) is 11.9. The van der Waals surface area contributed by atoms with E-state index in [0.29, 0.717) is 17.4 Å². The molecule has 0 saturated carbocycles. The highest BCUT2D eigenvalue weighted by Crippen LogP contribution is 2.27. The Morgan fingerprint density at radius 1 is 1.27 bits per heavy atom. The van der Waals surface area contributed by atoms with E-state index in [-0.39, 0.29) is 22.5 Å². The third kappa shape index (κ3) is 4.84. The van der Waals surface area contributed by atoms with Gasteiger partial charge < -0.3 is 5.11 Å². The lowest BCUT2D eigenvalue weighted by atomic mass is 9.88. The lowest BCUT2D eigenvalue weighted by Gasteiger charge is -2.45. The summed E-state index contributed by atoms with van der Waals surface area (Å²) < 4.78 is 28.2.